The number of morpholine rings is 1. The van der Waals surface area contributed by atoms with E-state index < -0.39 is 0 Å². The van der Waals surface area contributed by atoms with Crippen LogP contribution in [0.15, 0.2) is 24.3 Å². The number of carbonyl (C=O) groups excluding carboxylic acids is 2. The van der Waals surface area contributed by atoms with Gasteiger partial charge in [0.1, 0.15) is 0 Å². The maximum Gasteiger partial charge on any atom is 0.264 e. The summed E-state index contributed by atoms with van der Waals surface area (Å²) in [7, 11) is 3.15. The van der Waals surface area contributed by atoms with Gasteiger partial charge in [-0.1, -0.05) is 0 Å². The summed E-state index contributed by atoms with van der Waals surface area (Å²) in [4.78, 5) is 29.5. The highest BCUT2D eigenvalue weighted by atomic mass is 32.1. The molecule has 1 aliphatic carbocycles. The molecule has 0 bridgehead atoms. The normalized spacial score (nSPS) is 18.5. The highest BCUT2D eigenvalue weighted by Gasteiger charge is 2.29. The van der Waals surface area contributed by atoms with Crippen molar-refractivity contribution in [3.05, 3.63) is 39.6 Å². The molecule has 7 nitrogen and oxygen atoms in total. The van der Waals surface area contributed by atoms with Gasteiger partial charge in [0.2, 0.25) is 5.91 Å². The fourth-order valence-electron chi connectivity index (χ4n) is 3.93. The van der Waals surface area contributed by atoms with Gasteiger partial charge in [0, 0.05) is 35.6 Å². The minimum absolute atomic E-state index is 0.0138. The zero-order valence-electron chi connectivity index (χ0n) is 17.2. The molecule has 2 aliphatic rings. The molecule has 2 aromatic rings. The Hall–Kier alpha value is -2.58. The van der Waals surface area contributed by atoms with Gasteiger partial charge in [0.15, 0.2) is 11.5 Å². The van der Waals surface area contributed by atoms with Crippen LogP contribution in [0.3, 0.4) is 0 Å². The summed E-state index contributed by atoms with van der Waals surface area (Å²) in [5.74, 6) is 1.13. The van der Waals surface area contributed by atoms with Crippen LogP contribution in [0.4, 0.5) is 5.69 Å². The molecule has 160 valence electrons. The second-order valence-electron chi connectivity index (χ2n) is 7.46. The Labute approximate surface area is 179 Å². The Kier molecular flexibility index (Phi) is 6.24. The number of benzene rings is 1. The van der Waals surface area contributed by atoms with E-state index in [2.05, 4.69) is 5.32 Å². The van der Waals surface area contributed by atoms with Crippen LogP contribution in [0.25, 0.3) is 0 Å². The monoisotopic (exact) mass is 430 g/mol. The summed E-state index contributed by atoms with van der Waals surface area (Å²) in [6.45, 7) is 2.46. The Bertz CT molecular complexity index is 936. The SMILES string of the molecule is COc1ccc(NC(=O)[C@H]2CCc3sc(C(=O)N4CCOCC4)cc3C2)cc1OC. The molecule has 8 heteroatoms. The van der Waals surface area contributed by atoms with Crippen molar-refractivity contribution in [2.24, 2.45) is 5.92 Å². The van der Waals surface area contributed by atoms with Crippen LogP contribution in [0.2, 0.25) is 0 Å². The molecule has 1 aliphatic heterocycles. The van der Waals surface area contributed by atoms with Crippen LogP contribution in [-0.4, -0.2) is 57.2 Å². The molecule has 4 rings (SSSR count). The van der Waals surface area contributed by atoms with Gasteiger partial charge in [-0.15, -0.1) is 11.3 Å². The van der Waals surface area contributed by atoms with E-state index in [0.717, 1.165) is 23.3 Å². The lowest BCUT2D eigenvalue weighted by Gasteiger charge is -2.26. The molecule has 1 atom stereocenters. The third-order valence-corrected chi connectivity index (χ3v) is 6.84. The Morgan fingerprint density at radius 1 is 1.13 bits per heavy atom. The molecular weight excluding hydrogens is 404 g/mol. The molecule has 0 unspecified atom stereocenters. The van der Waals surface area contributed by atoms with Crippen LogP contribution in [0.1, 0.15) is 26.5 Å². The van der Waals surface area contributed by atoms with Crippen LogP contribution in [-0.2, 0) is 22.4 Å². The zero-order chi connectivity index (χ0) is 21.1. The predicted molar refractivity (Wildman–Crippen MR) is 115 cm³/mol. The highest BCUT2D eigenvalue weighted by Crippen LogP contribution is 2.34. The number of ether oxygens (including phenoxy) is 3. The molecule has 30 heavy (non-hydrogen) atoms. The van der Waals surface area contributed by atoms with Crippen molar-refractivity contribution in [3.63, 3.8) is 0 Å². The van der Waals surface area contributed by atoms with Gasteiger partial charge in [-0.3, -0.25) is 9.59 Å². The molecule has 1 N–H and O–H groups in total. The average Bonchev–Trinajstić information content (AvgIpc) is 3.22. The van der Waals surface area contributed by atoms with Crippen molar-refractivity contribution < 1.29 is 23.8 Å². The maximum absolute atomic E-state index is 12.9. The maximum atomic E-state index is 12.9. The van der Waals surface area contributed by atoms with E-state index in [-0.39, 0.29) is 17.7 Å². The number of hydrogen-bond donors (Lipinski definition) is 1. The van der Waals surface area contributed by atoms with E-state index in [1.165, 1.54) is 4.88 Å². The number of thiophene rings is 1. The number of methoxy groups -OCH3 is 2. The summed E-state index contributed by atoms with van der Waals surface area (Å²) in [5, 5.41) is 2.99. The molecule has 0 saturated carbocycles. The first-order valence-electron chi connectivity index (χ1n) is 10.1. The van der Waals surface area contributed by atoms with Gasteiger partial charge in [-0.25, -0.2) is 0 Å². The molecule has 1 saturated heterocycles. The van der Waals surface area contributed by atoms with E-state index >= 15 is 0 Å². The quantitative estimate of drug-likeness (QED) is 0.789. The predicted octanol–water partition coefficient (Wildman–Crippen LogP) is 2.98. The second-order valence-corrected chi connectivity index (χ2v) is 8.60. The third-order valence-electron chi connectivity index (χ3n) is 5.61. The molecule has 2 amide bonds. The smallest absolute Gasteiger partial charge is 0.264 e. The fraction of sp³-hybridized carbons (Fsp3) is 0.455. The van der Waals surface area contributed by atoms with E-state index in [9.17, 15) is 9.59 Å². The molecule has 2 heterocycles. The van der Waals surface area contributed by atoms with Gasteiger partial charge < -0.3 is 24.4 Å². The molecule has 1 aromatic heterocycles. The Morgan fingerprint density at radius 2 is 1.90 bits per heavy atom. The zero-order valence-corrected chi connectivity index (χ0v) is 18.0. The summed E-state index contributed by atoms with van der Waals surface area (Å²) in [5.41, 5.74) is 1.80. The van der Waals surface area contributed by atoms with E-state index in [1.54, 1.807) is 43.8 Å². The van der Waals surface area contributed by atoms with Crippen molar-refractivity contribution in [2.45, 2.75) is 19.3 Å². The van der Waals surface area contributed by atoms with Crippen LogP contribution in [0.5, 0.6) is 11.5 Å². The second kappa shape index (κ2) is 9.06. The van der Waals surface area contributed by atoms with Crippen molar-refractivity contribution in [1.29, 1.82) is 0 Å². The summed E-state index contributed by atoms with van der Waals surface area (Å²) in [6.07, 6.45) is 2.25. The summed E-state index contributed by atoms with van der Waals surface area (Å²) in [6, 6.07) is 7.31. The topological polar surface area (TPSA) is 77.1 Å². The summed E-state index contributed by atoms with van der Waals surface area (Å²) < 4.78 is 15.9. The first-order chi connectivity index (χ1) is 14.6. The minimum Gasteiger partial charge on any atom is -0.493 e. The van der Waals surface area contributed by atoms with Gasteiger partial charge in [0.25, 0.3) is 5.91 Å². The van der Waals surface area contributed by atoms with E-state index in [0.29, 0.717) is 49.9 Å². The van der Waals surface area contributed by atoms with Gasteiger partial charge in [-0.05, 0) is 43.0 Å². The van der Waals surface area contributed by atoms with Crippen molar-refractivity contribution in [2.75, 3.05) is 45.8 Å². The number of carbonyl (C=O) groups is 2. The van der Waals surface area contributed by atoms with Crippen molar-refractivity contribution >= 4 is 28.8 Å². The van der Waals surface area contributed by atoms with Gasteiger partial charge in [0.05, 0.1) is 32.3 Å². The number of nitrogens with one attached hydrogen (secondary N) is 1. The number of rotatable bonds is 5. The van der Waals surface area contributed by atoms with E-state index in [1.807, 2.05) is 11.0 Å². The Balaban J connectivity index is 1.42. The summed E-state index contributed by atoms with van der Waals surface area (Å²) >= 11 is 1.57. The molecule has 0 radical (unpaired) electrons. The van der Waals surface area contributed by atoms with Crippen LogP contribution >= 0.6 is 11.3 Å². The van der Waals surface area contributed by atoms with Crippen molar-refractivity contribution in [3.8, 4) is 11.5 Å². The lowest BCUT2D eigenvalue weighted by atomic mass is 9.87. The number of aryl methyl sites for hydroxylation is 1. The molecule has 1 fully saturated rings. The lowest BCUT2D eigenvalue weighted by Crippen LogP contribution is -2.40. The molecular formula is C22H26N2O5S. The standard InChI is InChI=1S/C22H26N2O5S/c1-27-17-5-4-16(13-18(17)28-2)23-21(25)14-3-6-19-15(11-14)12-20(30-19)22(26)24-7-9-29-10-8-24/h4-5,12-14H,3,6-11H2,1-2H3,(H,23,25)/t14-/m0/s1. The third kappa shape index (κ3) is 4.29. The number of amides is 2. The Morgan fingerprint density at radius 3 is 2.63 bits per heavy atom. The van der Waals surface area contributed by atoms with Gasteiger partial charge >= 0.3 is 0 Å². The first kappa shape index (κ1) is 20.7. The van der Waals surface area contributed by atoms with Gasteiger partial charge in [-0.2, -0.15) is 0 Å². The minimum atomic E-state index is -0.119. The largest absolute Gasteiger partial charge is 0.493 e. The molecule has 0 spiro atoms. The highest BCUT2D eigenvalue weighted by molar-refractivity contribution is 7.14. The number of fused-ring (bicyclic) bond motifs is 1. The van der Waals surface area contributed by atoms with Crippen LogP contribution in [0, 0.1) is 5.92 Å². The number of hydrogen-bond acceptors (Lipinski definition) is 6. The number of anilines is 1. The lowest BCUT2D eigenvalue weighted by molar-refractivity contribution is -0.120. The molecule has 1 aromatic carbocycles. The average molecular weight is 431 g/mol. The van der Waals surface area contributed by atoms with E-state index in [4.69, 9.17) is 14.2 Å². The fourth-order valence-corrected chi connectivity index (χ4v) is 5.11. The first-order valence-corrected chi connectivity index (χ1v) is 10.9. The number of nitrogens with zero attached hydrogens (tertiary/aromatic N) is 1. The van der Waals surface area contributed by atoms with Crippen LogP contribution < -0.4 is 14.8 Å². The van der Waals surface area contributed by atoms with Crippen molar-refractivity contribution in [1.82, 2.24) is 4.90 Å².